The normalized spacial score (nSPS) is 13.1. The highest BCUT2D eigenvalue weighted by molar-refractivity contribution is 7.10. The maximum atomic E-state index is 10.0. The molecule has 0 aliphatic rings. The second-order valence-electron chi connectivity index (χ2n) is 3.36. The molecule has 0 amide bonds. The molecular weight excluding hydrogens is 196 g/mol. The van der Waals surface area contributed by atoms with Gasteiger partial charge < -0.3 is 9.52 Å². The molecule has 2 rings (SSSR count). The molecule has 0 radical (unpaired) electrons. The van der Waals surface area contributed by atoms with Crippen molar-refractivity contribution < 1.29 is 9.52 Å². The summed E-state index contributed by atoms with van der Waals surface area (Å²) in [6, 6.07) is 3.87. The maximum absolute atomic E-state index is 10.0. The van der Waals surface area contributed by atoms with Crippen LogP contribution in [0.5, 0.6) is 0 Å². The van der Waals surface area contributed by atoms with Gasteiger partial charge in [-0.05, 0) is 36.9 Å². The number of aliphatic hydroxyl groups excluding tert-OH is 1. The van der Waals surface area contributed by atoms with Crippen LogP contribution in [0.25, 0.3) is 0 Å². The van der Waals surface area contributed by atoms with E-state index < -0.39 is 6.10 Å². The zero-order chi connectivity index (χ0) is 10.1. The summed E-state index contributed by atoms with van der Waals surface area (Å²) in [5, 5.41) is 12.0. The lowest BCUT2D eigenvalue weighted by atomic mass is 10.1. The Bertz CT molecular complexity index is 428. The van der Waals surface area contributed by atoms with Gasteiger partial charge in [-0.3, -0.25) is 0 Å². The summed E-state index contributed by atoms with van der Waals surface area (Å²) in [5.74, 6) is 0.827. The van der Waals surface area contributed by atoms with E-state index in [1.165, 1.54) is 0 Å². The van der Waals surface area contributed by atoms with Crippen molar-refractivity contribution in [3.8, 4) is 0 Å². The standard InChI is InChI=1S/C11H12O2S/c1-7-3-4-14-11(7)10(12)9-5-8(2)13-6-9/h3-6,10,12H,1-2H3. The van der Waals surface area contributed by atoms with Crippen molar-refractivity contribution in [1.29, 1.82) is 0 Å². The fourth-order valence-electron chi connectivity index (χ4n) is 1.42. The van der Waals surface area contributed by atoms with E-state index in [4.69, 9.17) is 4.42 Å². The van der Waals surface area contributed by atoms with Crippen molar-refractivity contribution in [1.82, 2.24) is 0 Å². The molecule has 2 nitrogen and oxygen atoms in total. The Morgan fingerprint density at radius 1 is 1.43 bits per heavy atom. The highest BCUT2D eigenvalue weighted by Crippen LogP contribution is 2.29. The van der Waals surface area contributed by atoms with E-state index in [-0.39, 0.29) is 0 Å². The summed E-state index contributed by atoms with van der Waals surface area (Å²) in [6.07, 6.45) is 1.06. The second-order valence-corrected chi connectivity index (χ2v) is 4.31. The fraction of sp³-hybridized carbons (Fsp3) is 0.273. The first-order valence-corrected chi connectivity index (χ1v) is 5.33. The molecule has 1 unspecified atom stereocenters. The van der Waals surface area contributed by atoms with E-state index in [2.05, 4.69) is 0 Å². The average Bonchev–Trinajstić information content (AvgIpc) is 2.73. The Labute approximate surface area is 86.8 Å². The maximum Gasteiger partial charge on any atom is 0.117 e. The topological polar surface area (TPSA) is 33.4 Å². The molecule has 0 saturated carbocycles. The van der Waals surface area contributed by atoms with Crippen molar-refractivity contribution in [2.45, 2.75) is 20.0 Å². The van der Waals surface area contributed by atoms with Gasteiger partial charge in [-0.2, -0.15) is 0 Å². The first kappa shape index (κ1) is 9.49. The van der Waals surface area contributed by atoms with Crippen LogP contribution in [-0.4, -0.2) is 5.11 Å². The number of hydrogen-bond donors (Lipinski definition) is 1. The first-order valence-electron chi connectivity index (χ1n) is 4.45. The summed E-state index contributed by atoms with van der Waals surface area (Å²) >= 11 is 1.57. The van der Waals surface area contributed by atoms with Crippen LogP contribution in [0.3, 0.4) is 0 Å². The third-order valence-electron chi connectivity index (χ3n) is 2.22. The summed E-state index contributed by atoms with van der Waals surface area (Å²) in [7, 11) is 0. The van der Waals surface area contributed by atoms with Gasteiger partial charge >= 0.3 is 0 Å². The number of furan rings is 1. The van der Waals surface area contributed by atoms with Gasteiger partial charge in [0, 0.05) is 10.4 Å². The summed E-state index contributed by atoms with van der Waals surface area (Å²) in [4.78, 5) is 0.991. The molecule has 2 heterocycles. The average molecular weight is 208 g/mol. The van der Waals surface area contributed by atoms with Crippen molar-refractivity contribution in [3.63, 3.8) is 0 Å². The van der Waals surface area contributed by atoms with Crippen LogP contribution in [0.2, 0.25) is 0 Å². The second kappa shape index (κ2) is 3.59. The molecule has 0 aromatic carbocycles. The Balaban J connectivity index is 2.33. The molecule has 0 aliphatic heterocycles. The zero-order valence-corrected chi connectivity index (χ0v) is 8.97. The van der Waals surface area contributed by atoms with Crippen LogP contribution in [0.4, 0.5) is 0 Å². The fourth-order valence-corrected chi connectivity index (χ4v) is 2.36. The van der Waals surface area contributed by atoms with Crippen LogP contribution in [0.1, 0.15) is 27.9 Å². The van der Waals surface area contributed by atoms with Crippen LogP contribution < -0.4 is 0 Å². The third-order valence-corrected chi connectivity index (χ3v) is 3.29. The summed E-state index contributed by atoms with van der Waals surface area (Å²) in [5.41, 5.74) is 1.95. The molecule has 0 aliphatic carbocycles. The van der Waals surface area contributed by atoms with Gasteiger partial charge in [-0.1, -0.05) is 0 Å². The van der Waals surface area contributed by atoms with E-state index in [9.17, 15) is 5.11 Å². The van der Waals surface area contributed by atoms with Crippen molar-refractivity contribution in [2.24, 2.45) is 0 Å². The minimum Gasteiger partial charge on any atom is -0.469 e. The van der Waals surface area contributed by atoms with E-state index in [0.29, 0.717) is 0 Å². The molecule has 0 spiro atoms. The molecule has 0 bridgehead atoms. The first-order chi connectivity index (χ1) is 6.68. The minimum atomic E-state index is -0.549. The highest BCUT2D eigenvalue weighted by Gasteiger charge is 2.15. The molecule has 3 heteroatoms. The summed E-state index contributed by atoms with van der Waals surface area (Å²) in [6.45, 7) is 3.87. The molecule has 2 aromatic heterocycles. The van der Waals surface area contributed by atoms with E-state index >= 15 is 0 Å². The number of rotatable bonds is 2. The zero-order valence-electron chi connectivity index (χ0n) is 8.15. The van der Waals surface area contributed by atoms with Crippen LogP contribution >= 0.6 is 11.3 Å². The predicted octanol–water partition coefficient (Wildman–Crippen LogP) is 3.04. The number of thiophene rings is 1. The molecular formula is C11H12O2S. The van der Waals surface area contributed by atoms with Crippen molar-refractivity contribution >= 4 is 11.3 Å². The van der Waals surface area contributed by atoms with Crippen molar-refractivity contribution in [3.05, 3.63) is 45.5 Å². The smallest absolute Gasteiger partial charge is 0.117 e. The molecule has 0 fully saturated rings. The predicted molar refractivity (Wildman–Crippen MR) is 56.6 cm³/mol. The Morgan fingerprint density at radius 3 is 2.71 bits per heavy atom. The number of aryl methyl sites for hydroxylation is 2. The molecule has 0 saturated heterocycles. The van der Waals surface area contributed by atoms with Gasteiger partial charge in [0.1, 0.15) is 11.9 Å². The highest BCUT2D eigenvalue weighted by atomic mass is 32.1. The largest absolute Gasteiger partial charge is 0.469 e. The minimum absolute atomic E-state index is 0.549. The van der Waals surface area contributed by atoms with Crippen LogP contribution in [0.15, 0.2) is 28.2 Å². The van der Waals surface area contributed by atoms with Gasteiger partial charge in [-0.15, -0.1) is 11.3 Å². The van der Waals surface area contributed by atoms with Gasteiger partial charge in [-0.25, -0.2) is 0 Å². The Hall–Kier alpha value is -1.06. The van der Waals surface area contributed by atoms with E-state index in [1.54, 1.807) is 17.6 Å². The lowest BCUT2D eigenvalue weighted by Crippen LogP contribution is -1.96. The molecule has 14 heavy (non-hydrogen) atoms. The number of aliphatic hydroxyl groups is 1. The Morgan fingerprint density at radius 2 is 2.21 bits per heavy atom. The molecule has 2 aromatic rings. The lowest BCUT2D eigenvalue weighted by Gasteiger charge is -2.06. The monoisotopic (exact) mass is 208 g/mol. The van der Waals surface area contributed by atoms with Gasteiger partial charge in [0.15, 0.2) is 0 Å². The quantitative estimate of drug-likeness (QED) is 0.823. The molecule has 1 atom stereocenters. The third kappa shape index (κ3) is 1.61. The molecule has 74 valence electrons. The van der Waals surface area contributed by atoms with E-state index in [1.807, 2.05) is 31.4 Å². The van der Waals surface area contributed by atoms with Gasteiger partial charge in [0.25, 0.3) is 0 Å². The van der Waals surface area contributed by atoms with Crippen LogP contribution in [-0.2, 0) is 0 Å². The van der Waals surface area contributed by atoms with Crippen molar-refractivity contribution in [2.75, 3.05) is 0 Å². The van der Waals surface area contributed by atoms with Crippen LogP contribution in [0, 0.1) is 13.8 Å². The SMILES string of the molecule is Cc1cc(C(O)c2sccc2C)co1. The Kier molecular flexibility index (Phi) is 2.44. The van der Waals surface area contributed by atoms with Gasteiger partial charge in [0.2, 0.25) is 0 Å². The van der Waals surface area contributed by atoms with Gasteiger partial charge in [0.05, 0.1) is 6.26 Å². The molecule has 1 N–H and O–H groups in total. The number of hydrogen-bond acceptors (Lipinski definition) is 3. The lowest BCUT2D eigenvalue weighted by molar-refractivity contribution is 0.222. The summed E-state index contributed by atoms with van der Waals surface area (Å²) < 4.78 is 5.17. The van der Waals surface area contributed by atoms with E-state index in [0.717, 1.165) is 21.8 Å².